The van der Waals surface area contributed by atoms with Gasteiger partial charge in [-0.1, -0.05) is 18.2 Å². The molecule has 0 saturated carbocycles. The van der Waals surface area contributed by atoms with Gasteiger partial charge in [0.15, 0.2) is 0 Å². The molecular formula is C12H12OS2. The normalized spacial score (nSPS) is 11.3. The van der Waals surface area contributed by atoms with Crippen LogP contribution in [0.25, 0.3) is 15.8 Å². The molecule has 0 unspecified atom stereocenters. The van der Waals surface area contributed by atoms with Gasteiger partial charge in [-0.05, 0) is 34.9 Å². The molecule has 0 amide bonds. The summed E-state index contributed by atoms with van der Waals surface area (Å²) in [4.78, 5) is 2.63. The van der Waals surface area contributed by atoms with Crippen LogP contribution in [-0.4, -0.2) is 11.7 Å². The molecule has 3 heteroatoms. The van der Waals surface area contributed by atoms with Crippen LogP contribution >= 0.6 is 22.7 Å². The molecule has 78 valence electrons. The minimum Gasteiger partial charge on any atom is -0.396 e. The van der Waals surface area contributed by atoms with E-state index in [1.54, 1.807) is 22.7 Å². The maximum absolute atomic E-state index is 8.70. The van der Waals surface area contributed by atoms with Gasteiger partial charge in [-0.2, -0.15) is 0 Å². The van der Waals surface area contributed by atoms with E-state index in [2.05, 4.69) is 35.0 Å². The van der Waals surface area contributed by atoms with E-state index in [1.165, 1.54) is 15.3 Å². The first kappa shape index (κ1) is 10.6. The molecule has 0 aliphatic heterocycles. The zero-order valence-electron chi connectivity index (χ0n) is 8.22. The molecule has 0 fully saturated rings. The minimum atomic E-state index is 0.217. The summed E-state index contributed by atoms with van der Waals surface area (Å²) in [6, 6.07) is 6.33. The van der Waals surface area contributed by atoms with Gasteiger partial charge in [0.2, 0.25) is 0 Å². The lowest BCUT2D eigenvalue weighted by Crippen LogP contribution is -1.76. The van der Waals surface area contributed by atoms with E-state index in [-0.39, 0.29) is 6.61 Å². The summed E-state index contributed by atoms with van der Waals surface area (Å²) < 4.78 is 0. The highest BCUT2D eigenvalue weighted by molar-refractivity contribution is 7.20. The van der Waals surface area contributed by atoms with Crippen LogP contribution in [0, 0.1) is 0 Å². The number of rotatable bonds is 4. The van der Waals surface area contributed by atoms with Crippen molar-refractivity contribution in [2.24, 2.45) is 0 Å². The fourth-order valence-corrected chi connectivity index (χ4v) is 3.12. The number of hydrogen-bond acceptors (Lipinski definition) is 3. The summed E-state index contributed by atoms with van der Waals surface area (Å²) in [5.41, 5.74) is 1.25. The van der Waals surface area contributed by atoms with Gasteiger partial charge in [-0.25, -0.2) is 0 Å². The second-order valence-corrected chi connectivity index (χ2v) is 4.96. The molecule has 15 heavy (non-hydrogen) atoms. The Morgan fingerprint density at radius 2 is 2.13 bits per heavy atom. The third kappa shape index (κ3) is 2.56. The van der Waals surface area contributed by atoms with Gasteiger partial charge in [-0.15, -0.1) is 22.7 Å². The zero-order chi connectivity index (χ0) is 10.5. The van der Waals surface area contributed by atoms with Crippen LogP contribution in [0.3, 0.4) is 0 Å². The topological polar surface area (TPSA) is 20.2 Å². The molecule has 0 radical (unpaired) electrons. The molecular weight excluding hydrogens is 224 g/mol. The Morgan fingerprint density at radius 3 is 2.87 bits per heavy atom. The fourth-order valence-electron chi connectivity index (χ4n) is 1.34. The molecule has 0 aromatic carbocycles. The van der Waals surface area contributed by atoms with Crippen molar-refractivity contribution in [3.05, 3.63) is 40.6 Å². The van der Waals surface area contributed by atoms with Crippen LogP contribution in [0.4, 0.5) is 0 Å². The van der Waals surface area contributed by atoms with Crippen molar-refractivity contribution in [3.8, 4) is 9.75 Å². The molecule has 0 spiro atoms. The van der Waals surface area contributed by atoms with Gasteiger partial charge >= 0.3 is 0 Å². The average molecular weight is 236 g/mol. The smallest absolute Gasteiger partial charge is 0.0514 e. The highest BCUT2D eigenvalue weighted by atomic mass is 32.1. The Morgan fingerprint density at radius 1 is 1.20 bits per heavy atom. The largest absolute Gasteiger partial charge is 0.396 e. The number of aliphatic hydroxyl groups excluding tert-OH is 1. The van der Waals surface area contributed by atoms with Gasteiger partial charge < -0.3 is 5.11 Å². The Balaban J connectivity index is 2.23. The van der Waals surface area contributed by atoms with Crippen molar-refractivity contribution in [1.82, 2.24) is 0 Å². The fraction of sp³-hybridized carbons (Fsp3) is 0.167. The van der Waals surface area contributed by atoms with Crippen LogP contribution in [0.5, 0.6) is 0 Å². The van der Waals surface area contributed by atoms with E-state index in [0.29, 0.717) is 0 Å². The minimum absolute atomic E-state index is 0.217. The molecule has 1 N–H and O–H groups in total. The highest BCUT2D eigenvalue weighted by Crippen LogP contribution is 2.33. The van der Waals surface area contributed by atoms with Gasteiger partial charge in [-0.3, -0.25) is 0 Å². The van der Waals surface area contributed by atoms with E-state index in [4.69, 9.17) is 5.11 Å². The van der Waals surface area contributed by atoms with E-state index < -0.39 is 0 Å². The van der Waals surface area contributed by atoms with Crippen LogP contribution in [-0.2, 0) is 0 Å². The summed E-state index contributed by atoms with van der Waals surface area (Å²) >= 11 is 3.52. The molecule has 0 atom stereocenters. The standard InChI is InChI=1S/C12H12OS2/c13-7-2-1-4-10-6-9-15-12(10)11-5-3-8-14-11/h1,3-6,8-9,13H,2,7H2. The number of hydrogen-bond donors (Lipinski definition) is 1. The van der Waals surface area contributed by atoms with Crippen molar-refractivity contribution in [2.45, 2.75) is 6.42 Å². The van der Waals surface area contributed by atoms with Gasteiger partial charge in [0.05, 0.1) is 4.88 Å². The molecule has 2 aromatic rings. The Hall–Kier alpha value is -0.900. The van der Waals surface area contributed by atoms with Crippen molar-refractivity contribution >= 4 is 28.7 Å². The molecule has 2 heterocycles. The summed E-state index contributed by atoms with van der Waals surface area (Å²) in [7, 11) is 0. The average Bonchev–Trinajstić information content (AvgIpc) is 2.87. The van der Waals surface area contributed by atoms with Crippen LogP contribution < -0.4 is 0 Å². The molecule has 2 aromatic heterocycles. The van der Waals surface area contributed by atoms with E-state index >= 15 is 0 Å². The quantitative estimate of drug-likeness (QED) is 0.854. The SMILES string of the molecule is OCCC=Cc1ccsc1-c1cccs1. The molecule has 2 rings (SSSR count). The first-order valence-electron chi connectivity index (χ1n) is 4.80. The van der Waals surface area contributed by atoms with Crippen LogP contribution in [0.15, 0.2) is 35.0 Å². The van der Waals surface area contributed by atoms with Crippen molar-refractivity contribution < 1.29 is 5.11 Å². The second kappa shape index (κ2) is 5.26. The van der Waals surface area contributed by atoms with Crippen LogP contribution in [0.2, 0.25) is 0 Å². The third-order valence-electron chi connectivity index (χ3n) is 2.03. The summed E-state index contributed by atoms with van der Waals surface area (Å²) in [6.07, 6.45) is 4.82. The van der Waals surface area contributed by atoms with Gasteiger partial charge in [0.25, 0.3) is 0 Å². The highest BCUT2D eigenvalue weighted by Gasteiger charge is 2.04. The first-order chi connectivity index (χ1) is 7.42. The Kier molecular flexibility index (Phi) is 3.72. The summed E-state index contributed by atoms with van der Waals surface area (Å²) in [5.74, 6) is 0. The summed E-state index contributed by atoms with van der Waals surface area (Å²) in [6.45, 7) is 0.217. The lowest BCUT2D eigenvalue weighted by molar-refractivity contribution is 0.303. The molecule has 0 saturated heterocycles. The van der Waals surface area contributed by atoms with Crippen molar-refractivity contribution in [1.29, 1.82) is 0 Å². The van der Waals surface area contributed by atoms with Gasteiger partial charge in [0.1, 0.15) is 0 Å². The Bertz CT molecular complexity index is 426. The zero-order valence-corrected chi connectivity index (χ0v) is 9.85. The van der Waals surface area contributed by atoms with E-state index in [0.717, 1.165) is 6.42 Å². The second-order valence-electron chi connectivity index (χ2n) is 3.10. The lowest BCUT2D eigenvalue weighted by Gasteiger charge is -1.94. The van der Waals surface area contributed by atoms with E-state index in [1.807, 2.05) is 6.08 Å². The first-order valence-corrected chi connectivity index (χ1v) is 6.56. The van der Waals surface area contributed by atoms with Crippen LogP contribution in [0.1, 0.15) is 12.0 Å². The molecule has 0 bridgehead atoms. The third-order valence-corrected chi connectivity index (χ3v) is 4.01. The predicted molar refractivity (Wildman–Crippen MR) is 68.4 cm³/mol. The maximum Gasteiger partial charge on any atom is 0.0514 e. The molecule has 0 aliphatic carbocycles. The maximum atomic E-state index is 8.70. The van der Waals surface area contributed by atoms with E-state index in [9.17, 15) is 0 Å². The lowest BCUT2D eigenvalue weighted by atomic mass is 10.2. The number of aliphatic hydroxyl groups is 1. The molecule has 0 aliphatic rings. The van der Waals surface area contributed by atoms with Crippen molar-refractivity contribution in [2.75, 3.05) is 6.61 Å². The Labute approximate surface area is 97.3 Å². The number of thiophene rings is 2. The van der Waals surface area contributed by atoms with Gasteiger partial charge in [0, 0.05) is 11.5 Å². The van der Waals surface area contributed by atoms with Crippen molar-refractivity contribution in [3.63, 3.8) is 0 Å². The molecule has 1 nitrogen and oxygen atoms in total. The summed E-state index contributed by atoms with van der Waals surface area (Å²) in [5, 5.41) is 12.9. The monoisotopic (exact) mass is 236 g/mol. The predicted octanol–water partition coefficient (Wildman–Crippen LogP) is 3.87.